The third-order valence-corrected chi connectivity index (χ3v) is 4.70. The van der Waals surface area contributed by atoms with Crippen molar-refractivity contribution in [3.63, 3.8) is 0 Å². The van der Waals surface area contributed by atoms with Gasteiger partial charge in [0, 0.05) is 10.7 Å². The molecule has 22 heavy (non-hydrogen) atoms. The minimum Gasteiger partial charge on any atom is -0.341 e. The van der Waals surface area contributed by atoms with E-state index < -0.39 is 0 Å². The molecular formula is C16H14ClN3S2. The third kappa shape index (κ3) is 3.61. The predicted octanol–water partition coefficient (Wildman–Crippen LogP) is 5.41. The number of aromatic nitrogens is 2. The highest BCUT2D eigenvalue weighted by Crippen LogP contribution is 2.29. The summed E-state index contributed by atoms with van der Waals surface area (Å²) < 4.78 is 0.704. The summed E-state index contributed by atoms with van der Waals surface area (Å²) in [6, 6.07) is 15.5. The molecule has 0 saturated carbocycles. The Kier molecular flexibility index (Phi) is 4.66. The first kappa shape index (κ1) is 15.3. The van der Waals surface area contributed by atoms with Gasteiger partial charge in [0.05, 0.1) is 16.3 Å². The van der Waals surface area contributed by atoms with Gasteiger partial charge >= 0.3 is 0 Å². The average molecular weight is 348 g/mol. The fourth-order valence-electron chi connectivity index (χ4n) is 2.06. The quantitative estimate of drug-likeness (QED) is 0.622. The molecule has 0 fully saturated rings. The zero-order valence-electron chi connectivity index (χ0n) is 11.8. The van der Waals surface area contributed by atoms with Gasteiger partial charge in [-0.25, -0.2) is 4.98 Å². The van der Waals surface area contributed by atoms with E-state index in [4.69, 9.17) is 23.8 Å². The number of imidazole rings is 1. The van der Waals surface area contributed by atoms with Crippen LogP contribution in [0.3, 0.4) is 0 Å². The molecule has 0 saturated heterocycles. The zero-order chi connectivity index (χ0) is 15.5. The lowest BCUT2D eigenvalue weighted by molar-refractivity contribution is 0.978. The van der Waals surface area contributed by atoms with E-state index in [-0.39, 0.29) is 5.25 Å². The molecule has 112 valence electrons. The number of halogens is 1. The van der Waals surface area contributed by atoms with Crippen molar-refractivity contribution in [3.8, 4) is 0 Å². The van der Waals surface area contributed by atoms with E-state index in [1.807, 2.05) is 48.5 Å². The van der Waals surface area contributed by atoms with Gasteiger partial charge < -0.3 is 10.3 Å². The Labute approximate surface area is 143 Å². The number of H-pyrrole nitrogens is 1. The number of aromatic amines is 1. The van der Waals surface area contributed by atoms with Crippen molar-refractivity contribution in [3.05, 3.63) is 59.4 Å². The van der Waals surface area contributed by atoms with Crippen LogP contribution in [-0.2, 0) is 0 Å². The lowest BCUT2D eigenvalue weighted by atomic mass is 10.3. The summed E-state index contributed by atoms with van der Waals surface area (Å²) in [5.74, 6) is 0.923. The van der Waals surface area contributed by atoms with Gasteiger partial charge in [-0.1, -0.05) is 47.7 Å². The van der Waals surface area contributed by atoms with Crippen molar-refractivity contribution in [1.29, 1.82) is 0 Å². The molecule has 1 unspecified atom stereocenters. The molecule has 2 N–H and O–H groups in total. The Morgan fingerprint density at radius 3 is 2.68 bits per heavy atom. The van der Waals surface area contributed by atoms with Crippen molar-refractivity contribution < 1.29 is 0 Å². The van der Waals surface area contributed by atoms with Gasteiger partial charge in [0.15, 0.2) is 0 Å². The maximum Gasteiger partial charge on any atom is 0.138 e. The maximum atomic E-state index is 5.87. The predicted molar refractivity (Wildman–Crippen MR) is 99.8 cm³/mol. The second-order valence-corrected chi connectivity index (χ2v) is 7.27. The minimum absolute atomic E-state index is 0.139. The van der Waals surface area contributed by atoms with Crippen molar-refractivity contribution in [2.45, 2.75) is 12.2 Å². The van der Waals surface area contributed by atoms with Gasteiger partial charge in [0.25, 0.3) is 0 Å². The number of para-hydroxylation sites is 2. The molecule has 0 aliphatic carbocycles. The van der Waals surface area contributed by atoms with Crippen molar-refractivity contribution in [2.24, 2.45) is 0 Å². The number of hydrogen-bond acceptors (Lipinski definition) is 3. The smallest absolute Gasteiger partial charge is 0.138 e. The highest BCUT2D eigenvalue weighted by Gasteiger charge is 2.13. The Balaban J connectivity index is 1.66. The fourth-order valence-corrected chi connectivity index (χ4v) is 3.46. The van der Waals surface area contributed by atoms with Crippen molar-refractivity contribution >= 4 is 56.6 Å². The van der Waals surface area contributed by atoms with Crippen molar-refractivity contribution in [2.75, 3.05) is 5.32 Å². The van der Waals surface area contributed by atoms with Gasteiger partial charge in [-0.05, 0) is 43.3 Å². The topological polar surface area (TPSA) is 40.7 Å². The minimum atomic E-state index is 0.139. The summed E-state index contributed by atoms with van der Waals surface area (Å²) in [5.41, 5.74) is 2.95. The molecule has 3 aromatic rings. The molecule has 2 aromatic carbocycles. The molecule has 1 heterocycles. The fraction of sp³-hybridized carbons (Fsp3) is 0.125. The summed E-state index contributed by atoms with van der Waals surface area (Å²) >= 11 is 12.8. The highest BCUT2D eigenvalue weighted by molar-refractivity contribution is 8.23. The summed E-state index contributed by atoms with van der Waals surface area (Å²) in [5, 5.41) is 4.04. The number of fused-ring (bicyclic) bond motifs is 1. The molecule has 0 aliphatic heterocycles. The molecule has 0 spiro atoms. The number of benzene rings is 2. The van der Waals surface area contributed by atoms with Gasteiger partial charge in [0.2, 0.25) is 0 Å². The summed E-state index contributed by atoms with van der Waals surface area (Å²) in [7, 11) is 0. The molecule has 3 rings (SSSR count). The van der Waals surface area contributed by atoms with Crippen LogP contribution in [0.1, 0.15) is 18.0 Å². The first-order valence-electron chi connectivity index (χ1n) is 6.79. The standard InChI is InChI=1S/C16H14ClN3S2/c1-10(15-19-13-4-2-3-5-14(13)20-15)22-16(21)18-12-8-6-11(17)7-9-12/h2-10H,1H3,(H,18,21)(H,19,20). The SMILES string of the molecule is CC(SC(=S)Nc1ccc(Cl)cc1)c1nc2ccccc2[nH]1. The summed E-state index contributed by atoms with van der Waals surface area (Å²) in [4.78, 5) is 7.94. The second kappa shape index (κ2) is 6.69. The molecule has 0 bridgehead atoms. The number of nitrogens with one attached hydrogen (secondary N) is 2. The molecular weight excluding hydrogens is 334 g/mol. The normalized spacial score (nSPS) is 12.3. The molecule has 6 heteroatoms. The van der Waals surface area contributed by atoms with Crippen LogP contribution in [0.15, 0.2) is 48.5 Å². The van der Waals surface area contributed by atoms with E-state index in [1.54, 1.807) is 11.8 Å². The Hall–Kier alpha value is -1.56. The van der Waals surface area contributed by atoms with Crippen molar-refractivity contribution in [1.82, 2.24) is 9.97 Å². The number of hydrogen-bond donors (Lipinski definition) is 2. The lowest BCUT2D eigenvalue weighted by Crippen LogP contribution is -2.07. The Bertz CT molecular complexity index is 766. The molecule has 1 atom stereocenters. The third-order valence-electron chi connectivity index (χ3n) is 3.17. The Morgan fingerprint density at radius 2 is 1.95 bits per heavy atom. The lowest BCUT2D eigenvalue weighted by Gasteiger charge is -2.11. The van der Waals surface area contributed by atoms with Gasteiger partial charge in [0.1, 0.15) is 10.1 Å². The molecule has 0 aliphatic rings. The number of thioether (sulfide) groups is 1. The van der Waals surface area contributed by atoms with E-state index >= 15 is 0 Å². The largest absolute Gasteiger partial charge is 0.341 e. The maximum absolute atomic E-state index is 5.87. The van der Waals surface area contributed by atoms with Crippen LogP contribution in [0.5, 0.6) is 0 Å². The number of nitrogens with zero attached hydrogens (tertiary/aromatic N) is 1. The first-order chi connectivity index (χ1) is 10.6. The summed E-state index contributed by atoms with van der Waals surface area (Å²) in [6.45, 7) is 2.08. The van der Waals surface area contributed by atoms with E-state index in [2.05, 4.69) is 22.2 Å². The van der Waals surface area contributed by atoms with E-state index in [9.17, 15) is 0 Å². The first-order valence-corrected chi connectivity index (χ1v) is 8.46. The van der Waals surface area contributed by atoms with E-state index in [0.29, 0.717) is 9.34 Å². The van der Waals surface area contributed by atoms with Crippen LogP contribution in [-0.4, -0.2) is 14.3 Å². The summed E-state index contributed by atoms with van der Waals surface area (Å²) in [6.07, 6.45) is 0. The molecule has 1 aromatic heterocycles. The van der Waals surface area contributed by atoms with Gasteiger partial charge in [-0.3, -0.25) is 0 Å². The Morgan fingerprint density at radius 1 is 1.23 bits per heavy atom. The highest BCUT2D eigenvalue weighted by atomic mass is 35.5. The van der Waals surface area contributed by atoms with E-state index in [1.165, 1.54) is 0 Å². The number of thiocarbonyl (C=S) groups is 1. The van der Waals surface area contributed by atoms with Gasteiger partial charge in [-0.15, -0.1) is 0 Å². The average Bonchev–Trinajstić information content (AvgIpc) is 2.93. The second-order valence-electron chi connectivity index (χ2n) is 4.82. The molecule has 3 nitrogen and oxygen atoms in total. The van der Waals surface area contributed by atoms with Crippen LogP contribution in [0.25, 0.3) is 11.0 Å². The van der Waals surface area contributed by atoms with Crippen LogP contribution in [0.2, 0.25) is 5.02 Å². The van der Waals surface area contributed by atoms with Crippen LogP contribution >= 0.6 is 35.6 Å². The molecule has 0 radical (unpaired) electrons. The van der Waals surface area contributed by atoms with Crippen LogP contribution < -0.4 is 5.32 Å². The van der Waals surface area contributed by atoms with Crippen LogP contribution in [0.4, 0.5) is 5.69 Å². The molecule has 0 amide bonds. The number of rotatable bonds is 3. The van der Waals surface area contributed by atoms with E-state index in [0.717, 1.165) is 22.5 Å². The number of anilines is 1. The van der Waals surface area contributed by atoms with Crippen LogP contribution in [0, 0.1) is 0 Å². The zero-order valence-corrected chi connectivity index (χ0v) is 14.2. The monoisotopic (exact) mass is 347 g/mol. The van der Waals surface area contributed by atoms with Gasteiger partial charge in [-0.2, -0.15) is 0 Å².